The summed E-state index contributed by atoms with van der Waals surface area (Å²) in [4.78, 5) is 5.00. The molecule has 0 saturated heterocycles. The van der Waals surface area contributed by atoms with E-state index >= 15 is 0 Å². The molecule has 1 nitrogen and oxygen atoms in total. The van der Waals surface area contributed by atoms with E-state index in [9.17, 15) is 0 Å². The summed E-state index contributed by atoms with van der Waals surface area (Å²) in [5.41, 5.74) is 4.62. The van der Waals surface area contributed by atoms with Crippen LogP contribution in [0.5, 0.6) is 0 Å². The van der Waals surface area contributed by atoms with E-state index in [0.717, 1.165) is 11.2 Å². The van der Waals surface area contributed by atoms with Crippen molar-refractivity contribution in [2.45, 2.75) is 6.92 Å². The number of rotatable bonds is 1. The molecule has 2 heterocycles. The van der Waals surface area contributed by atoms with E-state index in [1.54, 1.807) is 0 Å². The maximum Gasteiger partial charge on any atom is 0.0888 e. The second kappa shape index (κ2) is 5.15. The highest BCUT2D eigenvalue weighted by molar-refractivity contribution is 7.26. The third-order valence-electron chi connectivity index (χ3n) is 4.51. The molecule has 0 fully saturated rings. The van der Waals surface area contributed by atoms with Gasteiger partial charge in [-0.1, -0.05) is 60.7 Å². The Hall–Kier alpha value is -2.71. The summed E-state index contributed by atoms with van der Waals surface area (Å²) < 4.78 is 2.61. The van der Waals surface area contributed by atoms with Crippen molar-refractivity contribution in [1.29, 1.82) is 0 Å². The third kappa shape index (κ3) is 1.97. The lowest BCUT2D eigenvalue weighted by Gasteiger charge is -2.06. The van der Waals surface area contributed by atoms with Gasteiger partial charge in [0.2, 0.25) is 0 Å². The van der Waals surface area contributed by atoms with Crippen LogP contribution in [0, 0.1) is 6.92 Å². The topological polar surface area (TPSA) is 12.9 Å². The molecule has 5 aromatic rings. The molecule has 0 aliphatic rings. The predicted octanol–water partition coefficient (Wildman–Crippen LogP) is 6.58. The first-order valence-corrected chi connectivity index (χ1v) is 8.90. The molecule has 2 heteroatoms. The lowest BCUT2D eigenvalue weighted by atomic mass is 10.0. The summed E-state index contributed by atoms with van der Waals surface area (Å²) in [6, 6.07) is 25.7. The van der Waals surface area contributed by atoms with Crippen molar-refractivity contribution in [2.75, 3.05) is 0 Å². The molecule has 0 unspecified atom stereocenters. The van der Waals surface area contributed by atoms with Crippen LogP contribution in [-0.2, 0) is 0 Å². The summed E-state index contributed by atoms with van der Waals surface area (Å²) in [5, 5.41) is 3.90. The van der Waals surface area contributed by atoms with Gasteiger partial charge in [0.25, 0.3) is 0 Å². The Morgan fingerprint density at radius 2 is 1.58 bits per heavy atom. The average Bonchev–Trinajstić information content (AvgIpc) is 3.00. The van der Waals surface area contributed by atoms with Gasteiger partial charge in [-0.05, 0) is 24.6 Å². The molecule has 0 radical (unpaired) electrons. The normalized spacial score (nSPS) is 11.5. The fourth-order valence-electron chi connectivity index (χ4n) is 3.38. The molecule has 0 N–H and O–H groups in total. The van der Waals surface area contributed by atoms with Gasteiger partial charge in [0, 0.05) is 26.4 Å². The van der Waals surface area contributed by atoms with Crippen molar-refractivity contribution in [3.8, 4) is 11.3 Å². The van der Waals surface area contributed by atoms with Gasteiger partial charge >= 0.3 is 0 Å². The fraction of sp³-hybridized carbons (Fsp3) is 0.0455. The van der Waals surface area contributed by atoms with Crippen LogP contribution in [0.25, 0.3) is 42.3 Å². The van der Waals surface area contributed by atoms with Gasteiger partial charge in [0.15, 0.2) is 0 Å². The van der Waals surface area contributed by atoms with Crippen molar-refractivity contribution in [1.82, 2.24) is 4.98 Å². The molecule has 2 aromatic heterocycles. The molecular weight excluding hydrogens is 310 g/mol. The Labute approximate surface area is 144 Å². The summed E-state index contributed by atoms with van der Waals surface area (Å²) >= 11 is 1.85. The number of aryl methyl sites for hydroxylation is 1. The number of nitrogens with zero attached hydrogens (tertiary/aromatic N) is 1. The van der Waals surface area contributed by atoms with Gasteiger partial charge in [0.1, 0.15) is 0 Å². The number of thiophene rings is 1. The lowest BCUT2D eigenvalue weighted by molar-refractivity contribution is 1.44. The highest BCUT2D eigenvalue weighted by Crippen LogP contribution is 2.42. The van der Waals surface area contributed by atoms with Crippen LogP contribution >= 0.6 is 11.3 Å². The van der Waals surface area contributed by atoms with E-state index in [0.29, 0.717) is 0 Å². The number of hydrogen-bond donors (Lipinski definition) is 0. The minimum Gasteiger partial charge on any atom is -0.246 e. The average molecular weight is 325 g/mol. The highest BCUT2D eigenvalue weighted by atomic mass is 32.1. The summed E-state index contributed by atoms with van der Waals surface area (Å²) in [5.74, 6) is 0. The second-order valence-corrected chi connectivity index (χ2v) is 7.20. The number of fused-ring (bicyclic) bond motifs is 5. The number of para-hydroxylation sites is 1. The number of pyridine rings is 1. The molecule has 0 bridgehead atoms. The molecule has 114 valence electrons. The van der Waals surface area contributed by atoms with Crippen LogP contribution in [0.4, 0.5) is 0 Å². The summed E-state index contributed by atoms with van der Waals surface area (Å²) in [6.45, 7) is 2.15. The van der Waals surface area contributed by atoms with Gasteiger partial charge < -0.3 is 0 Å². The molecule has 3 aromatic carbocycles. The molecule has 0 atom stereocenters. The van der Waals surface area contributed by atoms with Crippen molar-refractivity contribution in [3.05, 3.63) is 78.4 Å². The van der Waals surface area contributed by atoms with E-state index in [1.807, 2.05) is 11.3 Å². The zero-order valence-electron chi connectivity index (χ0n) is 13.3. The van der Waals surface area contributed by atoms with Gasteiger partial charge in [0.05, 0.1) is 15.9 Å². The molecule has 0 aliphatic carbocycles. The van der Waals surface area contributed by atoms with Crippen molar-refractivity contribution < 1.29 is 0 Å². The first kappa shape index (κ1) is 13.7. The number of aromatic nitrogens is 1. The van der Waals surface area contributed by atoms with Gasteiger partial charge in [-0.15, -0.1) is 11.3 Å². The van der Waals surface area contributed by atoms with Crippen molar-refractivity contribution in [3.63, 3.8) is 0 Å². The third-order valence-corrected chi connectivity index (χ3v) is 5.67. The molecule has 0 spiro atoms. The smallest absolute Gasteiger partial charge is 0.0888 e. The number of benzene rings is 3. The van der Waals surface area contributed by atoms with Crippen molar-refractivity contribution in [2.24, 2.45) is 0 Å². The Morgan fingerprint density at radius 1 is 0.792 bits per heavy atom. The molecule has 5 rings (SSSR count). The van der Waals surface area contributed by atoms with Crippen LogP contribution < -0.4 is 0 Å². The standard InChI is InChI=1S/C22H15NS/c1-14-11-12-17-19(13-14)24-22-20(17)16-9-5-6-10-18(16)23-21(22)15-7-3-2-4-8-15/h2-13H,1H3. The van der Waals surface area contributed by atoms with Crippen LogP contribution in [0.15, 0.2) is 72.8 Å². The summed E-state index contributed by atoms with van der Waals surface area (Å²) in [7, 11) is 0. The monoisotopic (exact) mass is 325 g/mol. The van der Waals surface area contributed by atoms with Crippen LogP contribution in [0.1, 0.15) is 5.56 Å². The second-order valence-electron chi connectivity index (χ2n) is 6.15. The summed E-state index contributed by atoms with van der Waals surface area (Å²) in [6.07, 6.45) is 0. The molecule has 0 saturated carbocycles. The van der Waals surface area contributed by atoms with Crippen molar-refractivity contribution >= 4 is 42.4 Å². The molecule has 0 aliphatic heterocycles. The molecule has 24 heavy (non-hydrogen) atoms. The minimum absolute atomic E-state index is 1.06. The van der Waals surface area contributed by atoms with E-state index in [2.05, 4.69) is 79.7 Å². The maximum absolute atomic E-state index is 5.00. The first-order chi connectivity index (χ1) is 11.8. The van der Waals surface area contributed by atoms with Crippen LogP contribution in [0.2, 0.25) is 0 Å². The fourth-order valence-corrected chi connectivity index (χ4v) is 4.71. The SMILES string of the molecule is Cc1ccc2c(c1)sc1c(-c3ccccc3)nc3ccccc3c12. The molecular formula is C22H15NS. The van der Waals surface area contributed by atoms with Gasteiger partial charge in [-0.2, -0.15) is 0 Å². The highest BCUT2D eigenvalue weighted by Gasteiger charge is 2.15. The maximum atomic E-state index is 5.00. The molecule has 0 amide bonds. The largest absolute Gasteiger partial charge is 0.246 e. The van der Waals surface area contributed by atoms with Crippen LogP contribution in [-0.4, -0.2) is 4.98 Å². The Kier molecular flexibility index (Phi) is 2.94. The van der Waals surface area contributed by atoms with Gasteiger partial charge in [-0.3, -0.25) is 0 Å². The van der Waals surface area contributed by atoms with E-state index in [-0.39, 0.29) is 0 Å². The van der Waals surface area contributed by atoms with E-state index in [1.165, 1.54) is 36.7 Å². The number of hydrogen-bond acceptors (Lipinski definition) is 2. The van der Waals surface area contributed by atoms with E-state index < -0.39 is 0 Å². The quantitative estimate of drug-likeness (QED) is 0.339. The zero-order chi connectivity index (χ0) is 16.1. The predicted molar refractivity (Wildman–Crippen MR) is 105 cm³/mol. The Bertz CT molecular complexity index is 1200. The van der Waals surface area contributed by atoms with Gasteiger partial charge in [-0.25, -0.2) is 4.98 Å². The Balaban J connectivity index is 2.04. The van der Waals surface area contributed by atoms with Crippen LogP contribution in [0.3, 0.4) is 0 Å². The first-order valence-electron chi connectivity index (χ1n) is 8.08. The Morgan fingerprint density at radius 3 is 2.46 bits per heavy atom. The zero-order valence-corrected chi connectivity index (χ0v) is 14.1. The lowest BCUT2D eigenvalue weighted by Crippen LogP contribution is -1.86. The van der Waals surface area contributed by atoms with E-state index in [4.69, 9.17) is 4.98 Å². The minimum atomic E-state index is 1.06.